The number of carbonyl (C=O) groups excluding carboxylic acids is 1. The SMILES string of the molecule is COc1nccnc1O[C@H]1CCCN(C(=O)Cc2ccc3c(c2)OCO3)C1. The van der Waals surface area contributed by atoms with E-state index in [1.165, 1.54) is 7.11 Å². The highest BCUT2D eigenvalue weighted by Gasteiger charge is 2.26. The number of nitrogens with zero attached hydrogens (tertiary/aromatic N) is 3. The summed E-state index contributed by atoms with van der Waals surface area (Å²) in [6, 6.07) is 5.60. The molecule has 2 aliphatic rings. The van der Waals surface area contributed by atoms with Crippen molar-refractivity contribution in [2.24, 2.45) is 0 Å². The van der Waals surface area contributed by atoms with Gasteiger partial charge in [0.25, 0.3) is 11.8 Å². The Morgan fingerprint density at radius 1 is 1.22 bits per heavy atom. The molecule has 142 valence electrons. The highest BCUT2D eigenvalue weighted by atomic mass is 16.7. The molecular weight excluding hydrogens is 350 g/mol. The maximum Gasteiger partial charge on any atom is 0.278 e. The first-order chi connectivity index (χ1) is 13.2. The third-order valence-electron chi connectivity index (χ3n) is 4.63. The van der Waals surface area contributed by atoms with Crippen molar-refractivity contribution in [1.29, 1.82) is 0 Å². The van der Waals surface area contributed by atoms with Gasteiger partial charge < -0.3 is 23.8 Å². The summed E-state index contributed by atoms with van der Waals surface area (Å²) >= 11 is 0. The summed E-state index contributed by atoms with van der Waals surface area (Å²) in [5, 5.41) is 0. The van der Waals surface area contributed by atoms with Gasteiger partial charge in [-0.1, -0.05) is 6.07 Å². The Morgan fingerprint density at radius 3 is 2.89 bits per heavy atom. The van der Waals surface area contributed by atoms with Crippen LogP contribution >= 0.6 is 0 Å². The number of ether oxygens (including phenoxy) is 4. The van der Waals surface area contributed by atoms with Gasteiger partial charge in [-0.15, -0.1) is 0 Å². The molecule has 0 N–H and O–H groups in total. The number of carbonyl (C=O) groups is 1. The summed E-state index contributed by atoms with van der Waals surface area (Å²) in [6.07, 6.45) is 5.02. The number of hydrogen-bond donors (Lipinski definition) is 0. The molecule has 0 radical (unpaired) electrons. The van der Waals surface area contributed by atoms with E-state index in [2.05, 4.69) is 9.97 Å². The minimum absolute atomic E-state index is 0.0632. The summed E-state index contributed by atoms with van der Waals surface area (Å²) in [6.45, 7) is 1.47. The molecule has 1 atom stereocenters. The summed E-state index contributed by atoms with van der Waals surface area (Å²) in [5.74, 6) is 2.18. The molecule has 8 heteroatoms. The van der Waals surface area contributed by atoms with Crippen molar-refractivity contribution >= 4 is 5.91 Å². The lowest BCUT2D eigenvalue weighted by Crippen LogP contribution is -2.45. The van der Waals surface area contributed by atoms with Crippen LogP contribution in [0.25, 0.3) is 0 Å². The van der Waals surface area contributed by atoms with Crippen LogP contribution in [0, 0.1) is 0 Å². The topological polar surface area (TPSA) is 83.0 Å². The third-order valence-corrected chi connectivity index (χ3v) is 4.63. The zero-order valence-electron chi connectivity index (χ0n) is 15.1. The molecule has 3 heterocycles. The molecule has 2 aromatic rings. The molecule has 1 saturated heterocycles. The highest BCUT2D eigenvalue weighted by molar-refractivity contribution is 5.79. The average Bonchev–Trinajstić information content (AvgIpc) is 3.16. The average molecular weight is 371 g/mol. The van der Waals surface area contributed by atoms with E-state index in [4.69, 9.17) is 18.9 Å². The summed E-state index contributed by atoms with van der Waals surface area (Å²) < 4.78 is 21.8. The number of likely N-dealkylation sites (tertiary alicyclic amines) is 1. The Balaban J connectivity index is 1.38. The fourth-order valence-corrected chi connectivity index (χ4v) is 3.29. The zero-order chi connectivity index (χ0) is 18.6. The Hall–Kier alpha value is -3.03. The van der Waals surface area contributed by atoms with Crippen LogP contribution in [-0.2, 0) is 11.2 Å². The first-order valence-electron chi connectivity index (χ1n) is 8.91. The van der Waals surface area contributed by atoms with Gasteiger partial charge in [0.05, 0.1) is 20.1 Å². The number of aromatic nitrogens is 2. The van der Waals surface area contributed by atoms with Gasteiger partial charge >= 0.3 is 0 Å². The van der Waals surface area contributed by atoms with Crippen LogP contribution < -0.4 is 18.9 Å². The number of benzene rings is 1. The maximum absolute atomic E-state index is 12.7. The van der Waals surface area contributed by atoms with Crippen LogP contribution in [0.1, 0.15) is 18.4 Å². The van der Waals surface area contributed by atoms with Crippen molar-refractivity contribution in [3.8, 4) is 23.3 Å². The van der Waals surface area contributed by atoms with E-state index in [1.54, 1.807) is 12.4 Å². The second-order valence-electron chi connectivity index (χ2n) is 6.46. The molecule has 8 nitrogen and oxygen atoms in total. The molecule has 2 aliphatic heterocycles. The highest BCUT2D eigenvalue weighted by Crippen LogP contribution is 2.32. The maximum atomic E-state index is 12.7. The molecule has 0 saturated carbocycles. The van der Waals surface area contributed by atoms with E-state index < -0.39 is 0 Å². The molecule has 0 spiro atoms. The normalized spacial score (nSPS) is 18.3. The zero-order valence-corrected chi connectivity index (χ0v) is 15.1. The molecule has 4 rings (SSSR count). The predicted octanol–water partition coefficient (Wildman–Crippen LogP) is 1.83. The van der Waals surface area contributed by atoms with Crippen molar-refractivity contribution in [3.63, 3.8) is 0 Å². The van der Waals surface area contributed by atoms with Gasteiger partial charge in [-0.3, -0.25) is 4.79 Å². The van der Waals surface area contributed by atoms with E-state index in [1.807, 2.05) is 23.1 Å². The Labute approximate surface area is 157 Å². The number of hydrogen-bond acceptors (Lipinski definition) is 7. The molecule has 1 fully saturated rings. The fraction of sp³-hybridized carbons (Fsp3) is 0.421. The van der Waals surface area contributed by atoms with Crippen molar-refractivity contribution in [3.05, 3.63) is 36.2 Å². The minimum atomic E-state index is -0.134. The molecule has 0 aliphatic carbocycles. The number of fused-ring (bicyclic) bond motifs is 1. The van der Waals surface area contributed by atoms with Crippen molar-refractivity contribution in [2.75, 3.05) is 27.0 Å². The summed E-state index contributed by atoms with van der Waals surface area (Å²) in [5.41, 5.74) is 0.905. The van der Waals surface area contributed by atoms with Crippen LogP contribution in [0.15, 0.2) is 30.6 Å². The number of piperidine rings is 1. The van der Waals surface area contributed by atoms with Gasteiger partial charge in [0, 0.05) is 18.9 Å². The minimum Gasteiger partial charge on any atom is -0.477 e. The molecule has 1 aromatic heterocycles. The molecule has 0 unspecified atom stereocenters. The van der Waals surface area contributed by atoms with Gasteiger partial charge in [-0.2, -0.15) is 0 Å². The van der Waals surface area contributed by atoms with Gasteiger partial charge in [0.15, 0.2) is 11.5 Å². The van der Waals surface area contributed by atoms with Crippen LogP contribution in [-0.4, -0.2) is 53.9 Å². The second-order valence-corrected chi connectivity index (χ2v) is 6.46. The van der Waals surface area contributed by atoms with E-state index in [9.17, 15) is 4.79 Å². The lowest BCUT2D eigenvalue weighted by molar-refractivity contribution is -0.133. The van der Waals surface area contributed by atoms with Crippen molar-refractivity contribution < 1.29 is 23.7 Å². The van der Waals surface area contributed by atoms with Gasteiger partial charge in [0.2, 0.25) is 12.7 Å². The number of amides is 1. The first kappa shape index (κ1) is 17.4. The van der Waals surface area contributed by atoms with E-state index in [0.29, 0.717) is 30.5 Å². The second kappa shape index (κ2) is 7.69. The lowest BCUT2D eigenvalue weighted by Gasteiger charge is -2.32. The Bertz CT molecular complexity index is 829. The van der Waals surface area contributed by atoms with E-state index in [0.717, 1.165) is 30.7 Å². The molecular formula is C19H21N3O5. The van der Waals surface area contributed by atoms with Crippen molar-refractivity contribution in [1.82, 2.24) is 14.9 Å². The van der Waals surface area contributed by atoms with Crippen LogP contribution in [0.5, 0.6) is 23.3 Å². The van der Waals surface area contributed by atoms with E-state index in [-0.39, 0.29) is 18.8 Å². The molecule has 27 heavy (non-hydrogen) atoms. The first-order valence-corrected chi connectivity index (χ1v) is 8.91. The van der Waals surface area contributed by atoms with Gasteiger partial charge in [-0.25, -0.2) is 9.97 Å². The fourth-order valence-electron chi connectivity index (χ4n) is 3.29. The van der Waals surface area contributed by atoms with E-state index >= 15 is 0 Å². The third kappa shape index (κ3) is 3.89. The van der Waals surface area contributed by atoms with Crippen LogP contribution in [0.4, 0.5) is 0 Å². The largest absolute Gasteiger partial charge is 0.477 e. The van der Waals surface area contributed by atoms with Crippen LogP contribution in [0.3, 0.4) is 0 Å². The summed E-state index contributed by atoms with van der Waals surface area (Å²) in [4.78, 5) is 22.8. The Kier molecular flexibility index (Phi) is 4.95. The molecule has 1 amide bonds. The standard InChI is InChI=1S/C19H21N3O5/c1-24-18-19(21-7-6-20-18)27-14-3-2-8-22(11-14)17(23)10-13-4-5-15-16(9-13)26-12-25-15/h4-7,9,14H,2-3,8,10-12H2,1H3/t14-/m0/s1. The van der Waals surface area contributed by atoms with Gasteiger partial charge in [0.1, 0.15) is 6.10 Å². The number of methoxy groups -OCH3 is 1. The monoisotopic (exact) mass is 371 g/mol. The Morgan fingerprint density at radius 2 is 2.04 bits per heavy atom. The van der Waals surface area contributed by atoms with Gasteiger partial charge in [-0.05, 0) is 30.5 Å². The summed E-state index contributed by atoms with van der Waals surface area (Å²) in [7, 11) is 1.53. The smallest absolute Gasteiger partial charge is 0.278 e. The molecule has 1 aromatic carbocycles. The number of rotatable bonds is 5. The molecule has 0 bridgehead atoms. The lowest BCUT2D eigenvalue weighted by atomic mass is 10.1. The van der Waals surface area contributed by atoms with Crippen molar-refractivity contribution in [2.45, 2.75) is 25.4 Å². The quantitative estimate of drug-likeness (QED) is 0.793. The van der Waals surface area contributed by atoms with Crippen LogP contribution in [0.2, 0.25) is 0 Å². The predicted molar refractivity (Wildman–Crippen MR) is 95.1 cm³/mol.